The molecule has 0 radical (unpaired) electrons. The number of hydrogen-bond acceptors (Lipinski definition) is 3. The van der Waals surface area contributed by atoms with Crippen LogP contribution < -0.4 is 10.6 Å². The first-order chi connectivity index (χ1) is 11.9. The van der Waals surface area contributed by atoms with E-state index in [-0.39, 0.29) is 11.8 Å². The average molecular weight is 332 g/mol. The summed E-state index contributed by atoms with van der Waals surface area (Å²) in [4.78, 5) is 32.4. The highest BCUT2D eigenvalue weighted by atomic mass is 16.2. The molecule has 2 amide bonds. The number of carbonyl (C=O) groups excluding carboxylic acids is 2. The first kappa shape index (κ1) is 15.8. The van der Waals surface area contributed by atoms with Gasteiger partial charge in [-0.3, -0.25) is 19.5 Å². The third-order valence-corrected chi connectivity index (χ3v) is 5.02. The van der Waals surface area contributed by atoms with Crippen molar-refractivity contribution in [2.24, 2.45) is 10.9 Å². The highest BCUT2D eigenvalue weighted by Gasteiger charge is 2.52. The molecule has 1 unspecified atom stereocenters. The molecule has 0 aliphatic carbocycles. The number of fused-ring (bicyclic) bond motifs is 2. The zero-order valence-electron chi connectivity index (χ0n) is 14.6. The van der Waals surface area contributed by atoms with Crippen LogP contribution in [0.15, 0.2) is 53.5 Å². The van der Waals surface area contributed by atoms with Crippen LogP contribution in [0, 0.1) is 12.8 Å². The molecule has 2 aliphatic heterocycles. The van der Waals surface area contributed by atoms with E-state index in [1.165, 1.54) is 4.90 Å². The van der Waals surface area contributed by atoms with Gasteiger partial charge in [-0.2, -0.15) is 0 Å². The second-order valence-electron chi connectivity index (χ2n) is 7.35. The van der Waals surface area contributed by atoms with Crippen molar-refractivity contribution in [2.45, 2.75) is 32.9 Å². The van der Waals surface area contributed by atoms with Crippen LogP contribution in [0.5, 0.6) is 0 Å². The fourth-order valence-corrected chi connectivity index (χ4v) is 3.83. The fraction of sp³-hybridized carbons (Fsp3) is 0.286. The van der Waals surface area contributed by atoms with Crippen molar-refractivity contribution in [1.29, 1.82) is 0 Å². The van der Waals surface area contributed by atoms with Crippen molar-refractivity contribution < 1.29 is 9.59 Å². The lowest BCUT2D eigenvalue weighted by Crippen LogP contribution is -2.46. The Bertz CT molecular complexity index is 1010. The fourth-order valence-electron chi connectivity index (χ4n) is 3.83. The summed E-state index contributed by atoms with van der Waals surface area (Å²) in [5, 5.41) is 1.60. The lowest BCUT2D eigenvalue weighted by Gasteiger charge is -2.29. The highest BCUT2D eigenvalue weighted by Crippen LogP contribution is 2.38. The number of carbonyl (C=O) groups is 2. The zero-order valence-corrected chi connectivity index (χ0v) is 14.6. The van der Waals surface area contributed by atoms with Gasteiger partial charge in [-0.15, -0.1) is 0 Å². The topological polar surface area (TPSA) is 49.7 Å². The van der Waals surface area contributed by atoms with Crippen molar-refractivity contribution in [3.63, 3.8) is 0 Å². The van der Waals surface area contributed by atoms with Crippen LogP contribution in [0.4, 0.5) is 0 Å². The van der Waals surface area contributed by atoms with Gasteiger partial charge < -0.3 is 0 Å². The van der Waals surface area contributed by atoms with E-state index in [0.717, 1.165) is 21.7 Å². The summed E-state index contributed by atoms with van der Waals surface area (Å²) in [7, 11) is 0. The van der Waals surface area contributed by atoms with Gasteiger partial charge in [-0.05, 0) is 38.5 Å². The third kappa shape index (κ3) is 2.40. The quantitative estimate of drug-likeness (QED) is 0.787. The van der Waals surface area contributed by atoms with Crippen molar-refractivity contribution in [3.05, 3.63) is 70.2 Å². The van der Waals surface area contributed by atoms with Crippen LogP contribution in [0.25, 0.3) is 5.57 Å². The number of aryl methyl sites for hydroxylation is 1. The monoisotopic (exact) mass is 332 g/mol. The Morgan fingerprint density at radius 1 is 1.08 bits per heavy atom. The van der Waals surface area contributed by atoms with Crippen LogP contribution in [0.1, 0.15) is 25.0 Å². The Balaban J connectivity index is 1.90. The van der Waals surface area contributed by atoms with E-state index in [4.69, 9.17) is 4.99 Å². The van der Waals surface area contributed by atoms with Gasteiger partial charge in [0.25, 0.3) is 5.91 Å². The van der Waals surface area contributed by atoms with Crippen molar-refractivity contribution in [1.82, 2.24) is 4.90 Å². The molecule has 1 saturated heterocycles. The molecule has 2 heterocycles. The second-order valence-corrected chi connectivity index (χ2v) is 7.35. The Morgan fingerprint density at radius 2 is 1.80 bits per heavy atom. The number of hydrogen-bond donors (Lipinski definition) is 0. The standard InChI is InChI=1S/C21H20N2O2/c1-13-9-10-16-15(11-13)17-18(21(2,3)22-16)20(25)23(19(17)24)12-14-7-5-4-6-8-14/h4-11,18H,12H2,1-3H3. The Labute approximate surface area is 146 Å². The van der Waals surface area contributed by atoms with Crippen molar-refractivity contribution >= 4 is 17.4 Å². The van der Waals surface area contributed by atoms with Gasteiger partial charge in [-0.25, -0.2) is 0 Å². The number of likely N-dealkylation sites (tertiary alicyclic amines) is 1. The minimum Gasteiger partial charge on any atom is -0.277 e. The summed E-state index contributed by atoms with van der Waals surface area (Å²) in [6.45, 7) is 6.14. The van der Waals surface area contributed by atoms with Crippen LogP contribution in [0.3, 0.4) is 0 Å². The van der Waals surface area contributed by atoms with E-state index in [0.29, 0.717) is 12.1 Å². The van der Waals surface area contributed by atoms with E-state index in [9.17, 15) is 9.59 Å². The largest absolute Gasteiger partial charge is 0.277 e. The molecule has 2 aliphatic rings. The molecule has 0 bridgehead atoms. The van der Waals surface area contributed by atoms with Gasteiger partial charge in [-0.1, -0.05) is 42.0 Å². The van der Waals surface area contributed by atoms with Crippen molar-refractivity contribution in [3.8, 4) is 0 Å². The Morgan fingerprint density at radius 3 is 2.52 bits per heavy atom. The molecule has 0 aromatic heterocycles. The average Bonchev–Trinajstić information content (AvgIpc) is 2.82. The molecule has 126 valence electrons. The maximum atomic E-state index is 13.1. The van der Waals surface area contributed by atoms with Crippen LogP contribution in [-0.2, 0) is 16.1 Å². The molecule has 2 aromatic carbocycles. The molecule has 0 N–H and O–H groups in total. The summed E-state index contributed by atoms with van der Waals surface area (Å²) in [5.41, 5.74) is 1.97. The van der Waals surface area contributed by atoms with Gasteiger partial charge in [0.15, 0.2) is 0 Å². The summed E-state index contributed by atoms with van der Waals surface area (Å²) in [6.07, 6.45) is 0. The lowest BCUT2D eigenvalue weighted by molar-refractivity contribution is -0.140. The summed E-state index contributed by atoms with van der Waals surface area (Å²) in [6, 6.07) is 15.5. The molecule has 25 heavy (non-hydrogen) atoms. The van der Waals surface area contributed by atoms with E-state index < -0.39 is 11.5 Å². The predicted molar refractivity (Wildman–Crippen MR) is 94.9 cm³/mol. The third-order valence-electron chi connectivity index (χ3n) is 5.02. The smallest absolute Gasteiger partial charge is 0.258 e. The maximum absolute atomic E-state index is 13.1. The molecule has 2 aromatic rings. The molecule has 4 heteroatoms. The molecule has 4 nitrogen and oxygen atoms in total. The molecule has 1 fully saturated rings. The van der Waals surface area contributed by atoms with Gasteiger partial charge in [0, 0.05) is 10.8 Å². The number of nitrogens with zero attached hydrogens (tertiary/aromatic N) is 2. The van der Waals surface area contributed by atoms with Crippen molar-refractivity contribution in [2.75, 3.05) is 0 Å². The maximum Gasteiger partial charge on any atom is 0.258 e. The Hall–Kier alpha value is -2.75. The van der Waals surface area contributed by atoms with E-state index >= 15 is 0 Å². The first-order valence-corrected chi connectivity index (χ1v) is 8.49. The molecular formula is C21H20N2O2. The van der Waals surface area contributed by atoms with E-state index in [1.807, 2.05) is 69.3 Å². The number of imide groups is 1. The van der Waals surface area contributed by atoms with E-state index in [1.54, 1.807) is 0 Å². The molecular weight excluding hydrogens is 312 g/mol. The summed E-state index contributed by atoms with van der Waals surface area (Å²) >= 11 is 0. The summed E-state index contributed by atoms with van der Waals surface area (Å²) < 4.78 is 0. The normalized spacial score (nSPS) is 21.0. The predicted octanol–water partition coefficient (Wildman–Crippen LogP) is 1.74. The molecule has 4 rings (SSSR count). The van der Waals surface area contributed by atoms with Crippen LogP contribution in [-0.4, -0.2) is 22.3 Å². The number of benzene rings is 2. The Kier molecular flexibility index (Phi) is 3.39. The minimum atomic E-state index is -0.629. The zero-order chi connectivity index (χ0) is 17.8. The van der Waals surface area contributed by atoms with Crippen LogP contribution in [0.2, 0.25) is 0 Å². The number of rotatable bonds is 2. The highest BCUT2D eigenvalue weighted by molar-refractivity contribution is 6.29. The van der Waals surface area contributed by atoms with Crippen LogP contribution >= 0.6 is 0 Å². The first-order valence-electron chi connectivity index (χ1n) is 8.49. The van der Waals surface area contributed by atoms with Gasteiger partial charge >= 0.3 is 0 Å². The number of amides is 2. The van der Waals surface area contributed by atoms with Gasteiger partial charge in [0.05, 0.1) is 23.4 Å². The van der Waals surface area contributed by atoms with E-state index in [2.05, 4.69) is 0 Å². The molecule has 1 atom stereocenters. The second kappa shape index (κ2) is 5.38. The molecule has 0 spiro atoms. The lowest BCUT2D eigenvalue weighted by atomic mass is 9.80. The van der Waals surface area contributed by atoms with Gasteiger partial charge in [0.1, 0.15) is 0 Å². The van der Waals surface area contributed by atoms with Gasteiger partial charge in [0.2, 0.25) is 5.91 Å². The summed E-state index contributed by atoms with van der Waals surface area (Å²) in [5.74, 6) is -0.851. The SMILES string of the molecule is Cc1ccc2c(c1)=C1C(=O)N(Cc3ccccc3)C(=O)C1C(C)(C)N=2. The minimum absolute atomic E-state index is 0.148. The molecule has 0 saturated carbocycles.